The molecule has 2 atom stereocenters. The SMILES string of the molecule is C.CC(=O)CCC(C)/C=N/NC(C)=O.CC(=O)CCC(C)C(C)=O. The summed E-state index contributed by atoms with van der Waals surface area (Å²) in [7, 11) is 0. The number of nitrogens with one attached hydrogen (secondary N) is 1. The predicted octanol–water partition coefficient (Wildman–Crippen LogP) is 3.33. The van der Waals surface area contributed by atoms with Crippen molar-refractivity contribution in [1.82, 2.24) is 5.43 Å². The first kappa shape index (κ1) is 27.0. The molecule has 2 unspecified atom stereocenters. The van der Waals surface area contributed by atoms with E-state index in [4.69, 9.17) is 0 Å². The topological polar surface area (TPSA) is 92.7 Å². The Bertz CT molecular complexity index is 431. The summed E-state index contributed by atoms with van der Waals surface area (Å²) in [5.41, 5.74) is 2.31. The van der Waals surface area contributed by atoms with Crippen LogP contribution in [0.25, 0.3) is 0 Å². The van der Waals surface area contributed by atoms with Gasteiger partial charge in [-0.25, -0.2) is 5.43 Å². The Kier molecular flexibility index (Phi) is 18.0. The number of nitrogens with zero attached hydrogens (tertiary/aromatic N) is 1. The van der Waals surface area contributed by atoms with Gasteiger partial charge in [0, 0.05) is 31.9 Å². The Balaban J connectivity index is -0.000000364. The minimum Gasteiger partial charge on any atom is -0.300 e. The molecule has 0 aliphatic carbocycles. The fourth-order valence-corrected chi connectivity index (χ4v) is 1.38. The summed E-state index contributed by atoms with van der Waals surface area (Å²) in [6, 6.07) is 0. The van der Waals surface area contributed by atoms with Crippen molar-refractivity contribution in [3.63, 3.8) is 0 Å². The van der Waals surface area contributed by atoms with Gasteiger partial charge in [-0.1, -0.05) is 21.3 Å². The second kappa shape index (κ2) is 16.0. The molecule has 0 aromatic heterocycles. The number of amides is 1. The van der Waals surface area contributed by atoms with Gasteiger partial charge in [-0.2, -0.15) is 5.10 Å². The summed E-state index contributed by atoms with van der Waals surface area (Å²) in [5, 5.41) is 3.71. The molecule has 0 saturated heterocycles. The average molecular weight is 342 g/mol. The highest BCUT2D eigenvalue weighted by atomic mass is 16.2. The van der Waals surface area contributed by atoms with Crippen LogP contribution in [0.2, 0.25) is 0 Å². The van der Waals surface area contributed by atoms with Gasteiger partial charge in [0.1, 0.15) is 17.3 Å². The lowest BCUT2D eigenvalue weighted by Crippen LogP contribution is -2.13. The predicted molar refractivity (Wildman–Crippen MR) is 97.9 cm³/mol. The highest BCUT2D eigenvalue weighted by Crippen LogP contribution is 2.06. The molecule has 0 aromatic rings. The monoisotopic (exact) mass is 342 g/mol. The van der Waals surface area contributed by atoms with E-state index in [1.807, 2.05) is 13.8 Å². The van der Waals surface area contributed by atoms with Gasteiger partial charge in [0.15, 0.2) is 0 Å². The van der Waals surface area contributed by atoms with Gasteiger partial charge in [-0.05, 0) is 39.5 Å². The lowest BCUT2D eigenvalue weighted by Gasteiger charge is -2.03. The summed E-state index contributed by atoms with van der Waals surface area (Å²) in [6.45, 7) is 9.88. The van der Waals surface area contributed by atoms with Crippen LogP contribution in [0.1, 0.15) is 74.7 Å². The molecular formula is C18H34N2O4. The Labute approximate surface area is 146 Å². The van der Waals surface area contributed by atoms with Crippen LogP contribution in [0.15, 0.2) is 5.10 Å². The molecule has 1 N–H and O–H groups in total. The smallest absolute Gasteiger partial charge is 0.236 e. The van der Waals surface area contributed by atoms with Gasteiger partial charge >= 0.3 is 0 Å². The van der Waals surface area contributed by atoms with Crippen molar-refractivity contribution >= 4 is 29.5 Å². The molecule has 24 heavy (non-hydrogen) atoms. The van der Waals surface area contributed by atoms with E-state index in [-0.39, 0.29) is 42.5 Å². The zero-order chi connectivity index (χ0) is 18.4. The molecule has 0 aliphatic heterocycles. The lowest BCUT2D eigenvalue weighted by molar-refractivity contribution is -0.121. The molecule has 0 heterocycles. The summed E-state index contributed by atoms with van der Waals surface area (Å²) in [5.74, 6) is 0.587. The number of rotatable bonds is 9. The summed E-state index contributed by atoms with van der Waals surface area (Å²) in [6.07, 6.45) is 4.21. The number of hydrogen-bond acceptors (Lipinski definition) is 5. The number of carbonyl (C=O) groups is 4. The normalized spacial score (nSPS) is 12.2. The molecule has 140 valence electrons. The molecule has 6 nitrogen and oxygen atoms in total. The minimum absolute atomic E-state index is 0. The van der Waals surface area contributed by atoms with Crippen molar-refractivity contribution < 1.29 is 19.2 Å². The van der Waals surface area contributed by atoms with Gasteiger partial charge in [0.25, 0.3) is 0 Å². The van der Waals surface area contributed by atoms with E-state index in [0.29, 0.717) is 19.3 Å². The summed E-state index contributed by atoms with van der Waals surface area (Å²) >= 11 is 0. The van der Waals surface area contributed by atoms with Gasteiger partial charge in [-0.15, -0.1) is 0 Å². The van der Waals surface area contributed by atoms with Crippen LogP contribution < -0.4 is 5.43 Å². The van der Waals surface area contributed by atoms with Gasteiger partial charge in [-0.3, -0.25) is 9.59 Å². The van der Waals surface area contributed by atoms with Gasteiger partial charge in [0.2, 0.25) is 5.91 Å². The molecule has 0 aromatic carbocycles. The van der Waals surface area contributed by atoms with E-state index in [1.165, 1.54) is 6.92 Å². The molecule has 6 heteroatoms. The Morgan fingerprint density at radius 2 is 1.38 bits per heavy atom. The Hall–Kier alpha value is -1.85. The van der Waals surface area contributed by atoms with E-state index in [2.05, 4.69) is 10.5 Å². The third-order valence-corrected chi connectivity index (χ3v) is 3.13. The minimum atomic E-state index is -0.185. The van der Waals surface area contributed by atoms with E-state index < -0.39 is 0 Å². The highest BCUT2D eigenvalue weighted by molar-refractivity contribution is 5.80. The highest BCUT2D eigenvalue weighted by Gasteiger charge is 2.07. The van der Waals surface area contributed by atoms with Gasteiger partial charge in [0.05, 0.1) is 0 Å². The van der Waals surface area contributed by atoms with Crippen molar-refractivity contribution in [2.75, 3.05) is 0 Å². The molecule has 0 rings (SSSR count). The second-order valence-electron chi connectivity index (χ2n) is 5.92. The maximum absolute atomic E-state index is 10.6. The number of Topliss-reactive ketones (excluding diaryl/α,β-unsaturated/α-hetero) is 3. The first-order chi connectivity index (χ1) is 10.6. The lowest BCUT2D eigenvalue weighted by atomic mass is 10.0. The molecular weight excluding hydrogens is 308 g/mol. The van der Waals surface area contributed by atoms with E-state index in [1.54, 1.807) is 27.0 Å². The zero-order valence-electron chi connectivity index (χ0n) is 15.1. The van der Waals surface area contributed by atoms with Crippen LogP contribution in [-0.4, -0.2) is 29.5 Å². The molecule has 0 aliphatic rings. The van der Waals surface area contributed by atoms with Gasteiger partial charge < -0.3 is 9.59 Å². The molecule has 0 saturated carbocycles. The summed E-state index contributed by atoms with van der Waals surface area (Å²) < 4.78 is 0. The van der Waals surface area contributed by atoms with E-state index in [0.717, 1.165) is 6.42 Å². The third-order valence-electron chi connectivity index (χ3n) is 3.13. The third kappa shape index (κ3) is 22.4. The zero-order valence-corrected chi connectivity index (χ0v) is 15.1. The van der Waals surface area contributed by atoms with Crippen LogP contribution in [0, 0.1) is 11.8 Å². The molecule has 0 radical (unpaired) electrons. The van der Waals surface area contributed by atoms with Crippen molar-refractivity contribution in [3.8, 4) is 0 Å². The van der Waals surface area contributed by atoms with E-state index >= 15 is 0 Å². The molecule has 1 amide bonds. The van der Waals surface area contributed by atoms with Crippen LogP contribution in [-0.2, 0) is 19.2 Å². The largest absolute Gasteiger partial charge is 0.300 e. The van der Waals surface area contributed by atoms with Crippen LogP contribution >= 0.6 is 0 Å². The number of hydrazone groups is 1. The second-order valence-corrected chi connectivity index (χ2v) is 5.92. The maximum Gasteiger partial charge on any atom is 0.236 e. The van der Waals surface area contributed by atoms with Crippen molar-refractivity contribution in [1.29, 1.82) is 0 Å². The number of carbonyl (C=O) groups excluding carboxylic acids is 4. The Morgan fingerprint density at radius 1 is 0.917 bits per heavy atom. The van der Waals surface area contributed by atoms with Crippen molar-refractivity contribution in [3.05, 3.63) is 0 Å². The van der Waals surface area contributed by atoms with Crippen LogP contribution in [0.5, 0.6) is 0 Å². The molecule has 0 bridgehead atoms. The van der Waals surface area contributed by atoms with Crippen LogP contribution in [0.4, 0.5) is 0 Å². The van der Waals surface area contributed by atoms with Crippen LogP contribution in [0.3, 0.4) is 0 Å². The Morgan fingerprint density at radius 3 is 1.75 bits per heavy atom. The first-order valence-electron chi connectivity index (χ1n) is 7.85. The molecule has 0 spiro atoms. The molecule has 0 fully saturated rings. The quantitative estimate of drug-likeness (QED) is 0.514. The fraction of sp³-hybridized carbons (Fsp3) is 0.722. The van der Waals surface area contributed by atoms with Crippen molar-refractivity contribution in [2.45, 2.75) is 74.7 Å². The van der Waals surface area contributed by atoms with E-state index in [9.17, 15) is 19.2 Å². The number of ketones is 3. The maximum atomic E-state index is 10.6. The standard InChI is InChI=1S/C9H16N2O2.C8H14O2.CH4/c1-7(4-5-8(2)12)6-10-11-9(3)13;1-6(8(3)10)4-5-7(2)9;/h6-7H,4-5H2,1-3H3,(H,11,13);6H,4-5H2,1-3H3;1H4/b10-6+;;. The first-order valence-corrected chi connectivity index (χ1v) is 7.85. The number of hydrogen-bond donors (Lipinski definition) is 1. The van der Waals surface area contributed by atoms with Crippen molar-refractivity contribution in [2.24, 2.45) is 16.9 Å². The fourth-order valence-electron chi connectivity index (χ4n) is 1.38. The average Bonchev–Trinajstić information content (AvgIpc) is 2.42. The summed E-state index contributed by atoms with van der Waals surface area (Å²) in [4.78, 5) is 42.1.